The average Bonchev–Trinajstić information content (AvgIpc) is 2.67. The van der Waals surface area contributed by atoms with E-state index in [1.54, 1.807) is 26.0 Å². The molecule has 2 aromatic carbocycles. The second-order valence-electron chi connectivity index (χ2n) is 6.35. The summed E-state index contributed by atoms with van der Waals surface area (Å²) < 4.78 is 27.0. The van der Waals surface area contributed by atoms with E-state index in [0.717, 1.165) is 6.07 Å². The largest absolute Gasteiger partial charge is 0.508 e. The van der Waals surface area contributed by atoms with Gasteiger partial charge in [-0.05, 0) is 30.3 Å². The molecule has 0 aliphatic carbocycles. The SMILES string of the molecule is CCN(CC)S(=O)(=O)c1ccc2[nH]c(=O)cc(C(=O)Nc3cccc(O)c3)c2c1. The number of anilines is 1. The number of aromatic nitrogens is 1. The van der Waals surface area contributed by atoms with E-state index in [9.17, 15) is 23.1 Å². The minimum Gasteiger partial charge on any atom is -0.508 e. The number of fused-ring (bicyclic) bond motifs is 1. The van der Waals surface area contributed by atoms with Crippen LogP contribution in [0.5, 0.6) is 5.75 Å². The van der Waals surface area contributed by atoms with Crippen molar-refractivity contribution in [2.24, 2.45) is 0 Å². The summed E-state index contributed by atoms with van der Waals surface area (Å²) in [5.41, 5.74) is 0.231. The summed E-state index contributed by atoms with van der Waals surface area (Å²) in [4.78, 5) is 27.4. The van der Waals surface area contributed by atoms with Crippen molar-refractivity contribution in [3.05, 3.63) is 64.4 Å². The van der Waals surface area contributed by atoms with Crippen LogP contribution in [0.15, 0.2) is 58.2 Å². The van der Waals surface area contributed by atoms with Crippen molar-refractivity contribution in [1.82, 2.24) is 9.29 Å². The maximum atomic E-state index is 12.8. The van der Waals surface area contributed by atoms with Crippen LogP contribution in [0.25, 0.3) is 10.9 Å². The highest BCUT2D eigenvalue weighted by atomic mass is 32.2. The van der Waals surface area contributed by atoms with Gasteiger partial charge >= 0.3 is 0 Å². The fourth-order valence-electron chi connectivity index (χ4n) is 3.08. The Kier molecular flexibility index (Phi) is 5.71. The summed E-state index contributed by atoms with van der Waals surface area (Å²) in [6.07, 6.45) is 0. The molecule has 29 heavy (non-hydrogen) atoms. The van der Waals surface area contributed by atoms with Crippen molar-refractivity contribution in [3.63, 3.8) is 0 Å². The van der Waals surface area contributed by atoms with Crippen LogP contribution in [-0.2, 0) is 10.0 Å². The highest BCUT2D eigenvalue weighted by molar-refractivity contribution is 7.89. The minimum atomic E-state index is -3.73. The zero-order valence-electron chi connectivity index (χ0n) is 16.0. The molecule has 0 atom stereocenters. The molecule has 0 saturated carbocycles. The van der Waals surface area contributed by atoms with Crippen LogP contribution in [0, 0.1) is 0 Å². The molecule has 0 radical (unpaired) electrons. The van der Waals surface area contributed by atoms with Crippen LogP contribution in [0.3, 0.4) is 0 Å². The second kappa shape index (κ2) is 8.06. The Bertz CT molecular complexity index is 1230. The molecule has 3 N–H and O–H groups in total. The summed E-state index contributed by atoms with van der Waals surface area (Å²) in [5, 5.41) is 12.5. The monoisotopic (exact) mass is 415 g/mol. The zero-order valence-corrected chi connectivity index (χ0v) is 16.8. The number of aromatic amines is 1. The molecule has 0 aliphatic heterocycles. The van der Waals surface area contributed by atoms with Gasteiger partial charge in [-0.3, -0.25) is 9.59 Å². The van der Waals surface area contributed by atoms with Gasteiger partial charge in [0.1, 0.15) is 5.75 Å². The van der Waals surface area contributed by atoms with Gasteiger partial charge < -0.3 is 15.4 Å². The fraction of sp³-hybridized carbons (Fsp3) is 0.200. The minimum absolute atomic E-state index is 0.0221. The summed E-state index contributed by atoms with van der Waals surface area (Å²) in [5.74, 6) is -0.616. The second-order valence-corrected chi connectivity index (χ2v) is 8.29. The summed E-state index contributed by atoms with van der Waals surface area (Å²) in [6.45, 7) is 4.11. The third kappa shape index (κ3) is 4.15. The number of nitrogens with one attached hydrogen (secondary N) is 2. The molecule has 0 spiro atoms. The molecule has 8 nitrogen and oxygen atoms in total. The van der Waals surface area contributed by atoms with Crippen molar-refractivity contribution in [3.8, 4) is 5.75 Å². The van der Waals surface area contributed by atoms with Gasteiger partial charge in [0.05, 0.1) is 10.5 Å². The summed E-state index contributed by atoms with van der Waals surface area (Å²) in [7, 11) is -3.73. The number of phenolic OH excluding ortho intramolecular Hbond substituents is 1. The van der Waals surface area contributed by atoms with Crippen molar-refractivity contribution in [2.75, 3.05) is 18.4 Å². The van der Waals surface area contributed by atoms with Crippen molar-refractivity contribution < 1.29 is 18.3 Å². The molecule has 0 unspecified atom stereocenters. The number of rotatable bonds is 6. The van der Waals surface area contributed by atoms with Gasteiger partial charge in [-0.25, -0.2) is 8.42 Å². The number of carbonyl (C=O) groups excluding carboxylic acids is 1. The number of benzene rings is 2. The molecule has 1 amide bonds. The van der Waals surface area contributed by atoms with E-state index in [0.29, 0.717) is 29.7 Å². The van der Waals surface area contributed by atoms with Gasteiger partial charge in [0.15, 0.2) is 0 Å². The first-order chi connectivity index (χ1) is 13.8. The van der Waals surface area contributed by atoms with E-state index in [2.05, 4.69) is 10.3 Å². The van der Waals surface area contributed by atoms with Crippen LogP contribution in [0.2, 0.25) is 0 Å². The zero-order chi connectivity index (χ0) is 21.2. The number of sulfonamides is 1. The Labute approximate surface area is 167 Å². The predicted octanol–water partition coefficient (Wildman–Crippen LogP) is 2.52. The topological polar surface area (TPSA) is 120 Å². The van der Waals surface area contributed by atoms with Gasteiger partial charge in [0.25, 0.3) is 5.91 Å². The molecule has 3 aromatic rings. The molecular weight excluding hydrogens is 394 g/mol. The number of aromatic hydroxyl groups is 1. The normalized spacial score (nSPS) is 11.7. The molecule has 3 rings (SSSR count). The fourth-order valence-corrected chi connectivity index (χ4v) is 4.56. The van der Waals surface area contributed by atoms with Crippen molar-refractivity contribution >= 4 is 32.5 Å². The quantitative estimate of drug-likeness (QED) is 0.571. The lowest BCUT2D eigenvalue weighted by Gasteiger charge is -2.19. The highest BCUT2D eigenvalue weighted by Crippen LogP contribution is 2.24. The van der Waals surface area contributed by atoms with Crippen LogP contribution in [0.1, 0.15) is 24.2 Å². The number of amides is 1. The Morgan fingerprint density at radius 1 is 1.10 bits per heavy atom. The Morgan fingerprint density at radius 3 is 2.48 bits per heavy atom. The molecule has 0 saturated heterocycles. The third-order valence-corrected chi connectivity index (χ3v) is 6.55. The Balaban J connectivity index is 2.11. The number of pyridine rings is 1. The van der Waals surface area contributed by atoms with E-state index in [4.69, 9.17) is 0 Å². The first-order valence-electron chi connectivity index (χ1n) is 9.04. The smallest absolute Gasteiger partial charge is 0.256 e. The molecule has 1 heterocycles. The van der Waals surface area contributed by atoms with E-state index in [1.165, 1.54) is 34.6 Å². The lowest BCUT2D eigenvalue weighted by molar-refractivity contribution is 0.102. The van der Waals surface area contributed by atoms with Crippen LogP contribution in [-0.4, -0.2) is 41.8 Å². The first kappa shape index (κ1) is 20.6. The highest BCUT2D eigenvalue weighted by Gasteiger charge is 2.23. The van der Waals surface area contributed by atoms with E-state index in [-0.39, 0.29) is 16.2 Å². The molecule has 0 bridgehead atoms. The van der Waals surface area contributed by atoms with E-state index in [1.807, 2.05) is 0 Å². The third-order valence-electron chi connectivity index (χ3n) is 4.51. The van der Waals surface area contributed by atoms with Gasteiger partial charge in [0.2, 0.25) is 15.6 Å². The first-order valence-corrected chi connectivity index (χ1v) is 10.5. The van der Waals surface area contributed by atoms with Crippen LogP contribution in [0.4, 0.5) is 5.69 Å². The van der Waals surface area contributed by atoms with Gasteiger partial charge in [-0.2, -0.15) is 4.31 Å². The number of nitrogens with zero attached hydrogens (tertiary/aromatic N) is 1. The molecule has 1 aromatic heterocycles. The van der Waals surface area contributed by atoms with E-state index < -0.39 is 21.5 Å². The molecular formula is C20H21N3O5S. The lowest BCUT2D eigenvalue weighted by Crippen LogP contribution is -2.30. The van der Waals surface area contributed by atoms with Gasteiger partial charge in [-0.15, -0.1) is 0 Å². The standard InChI is InChI=1S/C20H21N3O5S/c1-3-23(4-2)29(27,28)15-8-9-18-16(11-15)17(12-19(25)22-18)20(26)21-13-6-5-7-14(24)10-13/h5-12,24H,3-4H2,1-2H3,(H,21,26)(H,22,25). The number of hydrogen-bond acceptors (Lipinski definition) is 5. The average molecular weight is 415 g/mol. The van der Waals surface area contributed by atoms with Crippen LogP contribution >= 0.6 is 0 Å². The predicted molar refractivity (Wildman–Crippen MR) is 111 cm³/mol. The lowest BCUT2D eigenvalue weighted by atomic mass is 10.1. The maximum Gasteiger partial charge on any atom is 0.256 e. The van der Waals surface area contributed by atoms with Gasteiger partial charge in [-0.1, -0.05) is 19.9 Å². The number of carbonyl (C=O) groups is 1. The van der Waals surface area contributed by atoms with Gasteiger partial charge in [0, 0.05) is 41.8 Å². The summed E-state index contributed by atoms with van der Waals surface area (Å²) >= 11 is 0. The molecule has 152 valence electrons. The van der Waals surface area contributed by atoms with Crippen molar-refractivity contribution in [2.45, 2.75) is 18.7 Å². The number of phenols is 1. The Hall–Kier alpha value is -3.17. The molecule has 0 aliphatic rings. The van der Waals surface area contributed by atoms with Crippen LogP contribution < -0.4 is 10.9 Å². The van der Waals surface area contributed by atoms with Crippen molar-refractivity contribution in [1.29, 1.82) is 0 Å². The number of H-pyrrole nitrogens is 1. The van der Waals surface area contributed by atoms with E-state index >= 15 is 0 Å². The summed E-state index contributed by atoms with van der Waals surface area (Å²) in [6, 6.07) is 11.4. The Morgan fingerprint density at radius 2 is 1.83 bits per heavy atom. The molecule has 0 fully saturated rings. The number of hydrogen-bond donors (Lipinski definition) is 3. The maximum absolute atomic E-state index is 12.8. The molecule has 9 heteroatoms.